The van der Waals surface area contributed by atoms with Crippen LogP contribution in [0.5, 0.6) is 0 Å². The Bertz CT molecular complexity index is 559. The van der Waals surface area contributed by atoms with Crippen LogP contribution in [0.15, 0.2) is 24.4 Å². The van der Waals surface area contributed by atoms with Gasteiger partial charge in [-0.05, 0) is 18.2 Å². The Balaban J connectivity index is 2.33. The molecule has 0 fully saturated rings. The van der Waals surface area contributed by atoms with Crippen molar-refractivity contribution in [2.24, 2.45) is 0 Å². The normalized spacial score (nSPS) is 10.3. The smallest absolute Gasteiger partial charge is 0.221 e. The van der Waals surface area contributed by atoms with Gasteiger partial charge in [-0.25, -0.2) is 4.98 Å². The minimum Gasteiger partial charge on any atom is -0.368 e. The van der Waals surface area contributed by atoms with Gasteiger partial charge in [0.05, 0.1) is 20.8 Å². The zero-order valence-corrected chi connectivity index (χ0v) is 10.7. The van der Waals surface area contributed by atoms with Crippen LogP contribution in [-0.2, 0) is 0 Å². The molecule has 0 amide bonds. The highest BCUT2D eigenvalue weighted by molar-refractivity contribution is 6.44. The molecule has 2 rings (SSSR count). The fraction of sp³-hybridized carbons (Fsp3) is 0. The Morgan fingerprint density at radius 3 is 2.47 bits per heavy atom. The van der Waals surface area contributed by atoms with Crippen LogP contribution < -0.4 is 11.1 Å². The molecule has 88 valence electrons. The molecule has 0 spiro atoms. The highest BCUT2D eigenvalue weighted by atomic mass is 35.5. The van der Waals surface area contributed by atoms with Gasteiger partial charge in [-0.3, -0.25) is 0 Å². The van der Waals surface area contributed by atoms with Crippen molar-refractivity contribution in [1.29, 1.82) is 0 Å². The fourth-order valence-corrected chi connectivity index (χ4v) is 1.79. The lowest BCUT2D eigenvalue weighted by Crippen LogP contribution is -1.99. The number of nitrogens with zero attached hydrogens (tertiary/aromatic N) is 2. The molecule has 1 aromatic heterocycles. The minimum absolute atomic E-state index is 0.172. The van der Waals surface area contributed by atoms with E-state index >= 15 is 0 Å². The first-order valence-corrected chi connectivity index (χ1v) is 5.70. The van der Waals surface area contributed by atoms with Crippen LogP contribution in [0.25, 0.3) is 0 Å². The van der Waals surface area contributed by atoms with Gasteiger partial charge in [0, 0.05) is 6.20 Å². The van der Waals surface area contributed by atoms with E-state index in [1.807, 2.05) is 0 Å². The number of nitrogens with one attached hydrogen (secondary N) is 1. The minimum atomic E-state index is 0.172. The van der Waals surface area contributed by atoms with Crippen LogP contribution in [0.1, 0.15) is 0 Å². The van der Waals surface area contributed by atoms with Gasteiger partial charge >= 0.3 is 0 Å². The second-order valence-electron chi connectivity index (χ2n) is 3.17. The summed E-state index contributed by atoms with van der Waals surface area (Å²) in [5, 5.41) is 4.21. The lowest BCUT2D eigenvalue weighted by molar-refractivity contribution is 1.18. The van der Waals surface area contributed by atoms with Crippen molar-refractivity contribution in [1.82, 2.24) is 9.97 Å². The van der Waals surface area contributed by atoms with Crippen LogP contribution in [0.2, 0.25) is 15.1 Å². The zero-order valence-electron chi connectivity index (χ0n) is 8.42. The molecule has 0 saturated heterocycles. The summed E-state index contributed by atoms with van der Waals surface area (Å²) >= 11 is 17.7. The van der Waals surface area contributed by atoms with E-state index in [-0.39, 0.29) is 5.95 Å². The van der Waals surface area contributed by atoms with E-state index in [1.165, 1.54) is 6.20 Å². The third-order valence-electron chi connectivity index (χ3n) is 1.95. The van der Waals surface area contributed by atoms with Crippen LogP contribution in [0.4, 0.5) is 17.5 Å². The van der Waals surface area contributed by atoms with Crippen LogP contribution >= 0.6 is 34.8 Å². The number of halogens is 3. The van der Waals surface area contributed by atoms with Gasteiger partial charge in [0.25, 0.3) is 0 Å². The predicted octanol–water partition coefficient (Wildman–Crippen LogP) is 3.76. The summed E-state index contributed by atoms with van der Waals surface area (Å²) in [6.45, 7) is 0. The number of anilines is 3. The number of aromatic nitrogens is 2. The van der Waals surface area contributed by atoms with Gasteiger partial charge in [0.1, 0.15) is 5.82 Å². The molecule has 3 N–H and O–H groups in total. The molecule has 0 aliphatic carbocycles. The molecule has 4 nitrogen and oxygen atoms in total. The highest BCUT2D eigenvalue weighted by Gasteiger charge is 2.07. The van der Waals surface area contributed by atoms with E-state index in [9.17, 15) is 0 Å². The zero-order chi connectivity index (χ0) is 12.4. The Morgan fingerprint density at radius 1 is 1.06 bits per heavy atom. The Hall–Kier alpha value is -1.23. The highest BCUT2D eigenvalue weighted by Crippen LogP contribution is 2.33. The average molecular weight is 290 g/mol. The lowest BCUT2D eigenvalue weighted by atomic mass is 10.3. The monoisotopic (exact) mass is 288 g/mol. The molecule has 0 aliphatic rings. The van der Waals surface area contributed by atoms with Crippen molar-refractivity contribution < 1.29 is 0 Å². The van der Waals surface area contributed by atoms with Crippen molar-refractivity contribution >= 4 is 52.3 Å². The molecule has 0 atom stereocenters. The molecule has 17 heavy (non-hydrogen) atoms. The third kappa shape index (κ3) is 2.91. The number of benzene rings is 1. The first-order chi connectivity index (χ1) is 8.06. The maximum atomic E-state index is 6.01. The third-order valence-corrected chi connectivity index (χ3v) is 2.98. The van der Waals surface area contributed by atoms with E-state index in [0.29, 0.717) is 26.6 Å². The van der Waals surface area contributed by atoms with E-state index < -0.39 is 0 Å². The van der Waals surface area contributed by atoms with E-state index in [0.717, 1.165) is 0 Å². The van der Waals surface area contributed by atoms with Crippen molar-refractivity contribution in [2.75, 3.05) is 11.1 Å². The van der Waals surface area contributed by atoms with E-state index in [2.05, 4.69) is 15.3 Å². The number of nitrogens with two attached hydrogens (primary N) is 1. The average Bonchev–Trinajstić information content (AvgIpc) is 2.26. The molecular formula is C10H7Cl3N4. The Kier molecular flexibility index (Phi) is 3.57. The molecule has 1 aromatic carbocycles. The maximum Gasteiger partial charge on any atom is 0.221 e. The SMILES string of the molecule is Nc1nccc(Nc2cc(Cl)c(Cl)cc2Cl)n1. The van der Waals surface area contributed by atoms with Crippen LogP contribution in [-0.4, -0.2) is 9.97 Å². The predicted molar refractivity (Wildman–Crippen MR) is 71.2 cm³/mol. The summed E-state index contributed by atoms with van der Waals surface area (Å²) in [6, 6.07) is 4.83. The fourth-order valence-electron chi connectivity index (χ4n) is 1.20. The summed E-state index contributed by atoms with van der Waals surface area (Å²) in [4.78, 5) is 7.76. The molecule has 0 bridgehead atoms. The van der Waals surface area contributed by atoms with Gasteiger partial charge in [-0.1, -0.05) is 34.8 Å². The van der Waals surface area contributed by atoms with Crippen LogP contribution in [0.3, 0.4) is 0 Å². The number of nitrogen functional groups attached to an aromatic ring is 1. The number of hydrogen-bond donors (Lipinski definition) is 2. The van der Waals surface area contributed by atoms with Gasteiger partial charge < -0.3 is 11.1 Å². The quantitative estimate of drug-likeness (QED) is 0.826. The second-order valence-corrected chi connectivity index (χ2v) is 4.39. The van der Waals surface area contributed by atoms with Gasteiger partial charge in [0.2, 0.25) is 5.95 Å². The maximum absolute atomic E-state index is 6.01. The summed E-state index contributed by atoms with van der Waals surface area (Å²) in [5.41, 5.74) is 6.06. The van der Waals surface area contributed by atoms with Crippen molar-refractivity contribution in [2.45, 2.75) is 0 Å². The van der Waals surface area contributed by atoms with Crippen molar-refractivity contribution in [3.8, 4) is 0 Å². The first-order valence-electron chi connectivity index (χ1n) is 4.56. The van der Waals surface area contributed by atoms with Crippen molar-refractivity contribution in [3.05, 3.63) is 39.5 Å². The molecular weight excluding hydrogens is 282 g/mol. The molecule has 0 aliphatic heterocycles. The van der Waals surface area contributed by atoms with Crippen molar-refractivity contribution in [3.63, 3.8) is 0 Å². The molecule has 0 saturated carbocycles. The van der Waals surface area contributed by atoms with Crippen LogP contribution in [0, 0.1) is 0 Å². The summed E-state index contributed by atoms with van der Waals surface area (Å²) in [7, 11) is 0. The van der Waals surface area contributed by atoms with E-state index in [1.54, 1.807) is 18.2 Å². The largest absolute Gasteiger partial charge is 0.368 e. The molecule has 0 unspecified atom stereocenters. The standard InChI is InChI=1S/C10H7Cl3N4/c11-5-3-7(13)8(4-6(5)12)16-9-1-2-15-10(14)17-9/h1-4H,(H3,14,15,16,17). The van der Waals surface area contributed by atoms with E-state index in [4.69, 9.17) is 40.5 Å². The topological polar surface area (TPSA) is 63.8 Å². The Morgan fingerprint density at radius 2 is 1.76 bits per heavy atom. The second kappa shape index (κ2) is 4.96. The molecule has 2 aromatic rings. The molecule has 0 radical (unpaired) electrons. The molecule has 7 heteroatoms. The Labute approximate surface area is 113 Å². The molecule has 1 heterocycles. The lowest BCUT2D eigenvalue weighted by Gasteiger charge is -2.09. The number of hydrogen-bond acceptors (Lipinski definition) is 4. The van der Waals surface area contributed by atoms with Gasteiger partial charge in [-0.15, -0.1) is 0 Å². The summed E-state index contributed by atoms with van der Waals surface area (Å²) in [5.74, 6) is 0.698. The van der Waals surface area contributed by atoms with Gasteiger partial charge in [-0.2, -0.15) is 4.98 Å². The summed E-state index contributed by atoms with van der Waals surface area (Å²) in [6.07, 6.45) is 1.54. The number of rotatable bonds is 2. The van der Waals surface area contributed by atoms with Gasteiger partial charge in [0.15, 0.2) is 0 Å². The first kappa shape index (κ1) is 12.2. The summed E-state index contributed by atoms with van der Waals surface area (Å²) < 4.78 is 0.